The number of halogens is 1. The van der Waals surface area contributed by atoms with E-state index in [-0.39, 0.29) is 28.4 Å². The Balaban J connectivity index is 1.55. The second kappa shape index (κ2) is 9.33. The zero-order chi connectivity index (χ0) is 22.9. The van der Waals surface area contributed by atoms with Gasteiger partial charge in [-0.15, -0.1) is 11.3 Å². The highest BCUT2D eigenvalue weighted by atomic mass is 35.5. The van der Waals surface area contributed by atoms with Crippen molar-refractivity contribution in [3.8, 4) is 0 Å². The van der Waals surface area contributed by atoms with E-state index in [9.17, 15) is 13.2 Å². The maximum absolute atomic E-state index is 12.9. The Morgan fingerprint density at radius 2 is 1.94 bits per heavy atom. The van der Waals surface area contributed by atoms with Crippen LogP contribution in [-0.4, -0.2) is 50.7 Å². The van der Waals surface area contributed by atoms with Gasteiger partial charge in [0.25, 0.3) is 0 Å². The average Bonchev–Trinajstić information content (AvgIpc) is 3.24. The molecular formula is C23H24ClN3O3S2. The molecule has 1 N–H and O–H groups in total. The molecule has 4 rings (SSSR count). The van der Waals surface area contributed by atoms with Gasteiger partial charge in [-0.25, -0.2) is 12.7 Å². The number of sulfonamides is 1. The Labute approximate surface area is 197 Å². The van der Waals surface area contributed by atoms with Crippen molar-refractivity contribution in [2.24, 2.45) is 0 Å². The number of benzene rings is 2. The number of amides is 1. The van der Waals surface area contributed by atoms with Gasteiger partial charge in [0, 0.05) is 31.2 Å². The van der Waals surface area contributed by atoms with Gasteiger partial charge >= 0.3 is 0 Å². The maximum Gasteiger partial charge on any atom is 0.244 e. The van der Waals surface area contributed by atoms with E-state index in [1.165, 1.54) is 36.7 Å². The van der Waals surface area contributed by atoms with Gasteiger partial charge in [0.1, 0.15) is 4.90 Å². The summed E-state index contributed by atoms with van der Waals surface area (Å²) < 4.78 is 26.1. The number of fused-ring (bicyclic) bond motifs is 1. The number of carbonyl (C=O) groups excluding carboxylic acids is 1. The van der Waals surface area contributed by atoms with Gasteiger partial charge in [-0.1, -0.05) is 41.9 Å². The van der Waals surface area contributed by atoms with E-state index in [2.05, 4.69) is 33.8 Å². The highest BCUT2D eigenvalue weighted by molar-refractivity contribution is 7.89. The fourth-order valence-corrected chi connectivity index (χ4v) is 6.22. The summed E-state index contributed by atoms with van der Waals surface area (Å²) in [5, 5.41) is 5.05. The molecule has 0 fully saturated rings. The van der Waals surface area contributed by atoms with Crippen LogP contribution in [0.5, 0.6) is 0 Å². The first kappa shape index (κ1) is 22.9. The van der Waals surface area contributed by atoms with E-state index in [0.29, 0.717) is 5.69 Å². The largest absolute Gasteiger partial charge is 0.325 e. The molecule has 0 aliphatic carbocycles. The minimum atomic E-state index is -3.72. The molecule has 1 amide bonds. The lowest BCUT2D eigenvalue weighted by atomic mass is 9.93. The second-order valence-electron chi connectivity index (χ2n) is 7.81. The zero-order valence-electron chi connectivity index (χ0n) is 17.8. The lowest BCUT2D eigenvalue weighted by Crippen LogP contribution is -2.40. The molecule has 0 saturated carbocycles. The molecule has 1 aliphatic rings. The molecule has 0 saturated heterocycles. The molecule has 0 bridgehead atoms. The van der Waals surface area contributed by atoms with Gasteiger partial charge in [-0.2, -0.15) is 0 Å². The normalized spacial score (nSPS) is 16.7. The average molecular weight is 490 g/mol. The molecule has 9 heteroatoms. The molecule has 0 radical (unpaired) electrons. The van der Waals surface area contributed by atoms with Crippen LogP contribution in [0.15, 0.2) is 64.9 Å². The fraction of sp³-hybridized carbons (Fsp3) is 0.261. The highest BCUT2D eigenvalue weighted by Crippen LogP contribution is 2.37. The van der Waals surface area contributed by atoms with Gasteiger partial charge in [-0.05, 0) is 47.2 Å². The van der Waals surface area contributed by atoms with Crippen molar-refractivity contribution < 1.29 is 13.2 Å². The first-order valence-electron chi connectivity index (χ1n) is 10.1. The van der Waals surface area contributed by atoms with E-state index >= 15 is 0 Å². The first-order valence-corrected chi connectivity index (χ1v) is 12.8. The van der Waals surface area contributed by atoms with Gasteiger partial charge in [-0.3, -0.25) is 9.69 Å². The van der Waals surface area contributed by atoms with Crippen LogP contribution in [0, 0.1) is 0 Å². The quantitative estimate of drug-likeness (QED) is 0.562. The number of carbonyl (C=O) groups is 1. The van der Waals surface area contributed by atoms with Crippen LogP contribution >= 0.6 is 22.9 Å². The number of hydrogen-bond acceptors (Lipinski definition) is 5. The summed E-state index contributed by atoms with van der Waals surface area (Å²) in [6.45, 7) is 0.953. The number of thiophene rings is 1. The van der Waals surface area contributed by atoms with Gasteiger partial charge < -0.3 is 5.32 Å². The van der Waals surface area contributed by atoms with Crippen LogP contribution in [0.3, 0.4) is 0 Å². The topological polar surface area (TPSA) is 69.7 Å². The van der Waals surface area contributed by atoms with Crippen molar-refractivity contribution in [1.82, 2.24) is 9.21 Å². The predicted octanol–water partition coefficient (Wildman–Crippen LogP) is 4.24. The monoisotopic (exact) mass is 489 g/mol. The molecule has 3 aromatic rings. The zero-order valence-corrected chi connectivity index (χ0v) is 20.2. The molecule has 2 heterocycles. The third kappa shape index (κ3) is 4.60. The second-order valence-corrected chi connectivity index (χ2v) is 11.3. The van der Waals surface area contributed by atoms with E-state index in [1.807, 2.05) is 18.2 Å². The number of nitrogens with zero attached hydrogens (tertiary/aromatic N) is 2. The van der Waals surface area contributed by atoms with Crippen LogP contribution in [0.4, 0.5) is 5.69 Å². The maximum atomic E-state index is 12.9. The number of hydrogen-bond donors (Lipinski definition) is 1. The van der Waals surface area contributed by atoms with Crippen LogP contribution in [-0.2, 0) is 21.2 Å². The molecule has 6 nitrogen and oxygen atoms in total. The van der Waals surface area contributed by atoms with Crippen molar-refractivity contribution in [2.75, 3.05) is 32.5 Å². The Hall–Kier alpha value is -2.23. The van der Waals surface area contributed by atoms with Crippen LogP contribution in [0.25, 0.3) is 0 Å². The summed E-state index contributed by atoms with van der Waals surface area (Å²) in [6.07, 6.45) is 0.899. The molecule has 1 atom stereocenters. The Morgan fingerprint density at radius 3 is 2.66 bits per heavy atom. The Morgan fingerprint density at radius 1 is 1.19 bits per heavy atom. The third-order valence-electron chi connectivity index (χ3n) is 5.50. The number of anilines is 1. The van der Waals surface area contributed by atoms with Crippen molar-refractivity contribution in [2.45, 2.75) is 17.4 Å². The summed E-state index contributed by atoms with van der Waals surface area (Å²) >= 11 is 7.87. The number of nitrogens with one attached hydrogen (secondary N) is 1. The summed E-state index contributed by atoms with van der Waals surface area (Å²) in [6, 6.07) is 16.8. The van der Waals surface area contributed by atoms with E-state index in [4.69, 9.17) is 11.6 Å². The van der Waals surface area contributed by atoms with Crippen molar-refractivity contribution in [3.63, 3.8) is 0 Å². The van der Waals surface area contributed by atoms with Crippen LogP contribution in [0.1, 0.15) is 22.0 Å². The SMILES string of the molecule is CN(C)S(=O)(=O)c1cc(NC(=O)CN2CCc3sccc3C2c2ccccc2)ccc1Cl. The minimum absolute atomic E-state index is 0.00634. The molecule has 168 valence electrons. The molecule has 1 aliphatic heterocycles. The Kier molecular flexibility index (Phi) is 6.69. The summed E-state index contributed by atoms with van der Waals surface area (Å²) in [7, 11) is -0.844. The molecular weight excluding hydrogens is 466 g/mol. The summed E-state index contributed by atoms with van der Waals surface area (Å²) in [5.41, 5.74) is 2.78. The molecule has 1 unspecified atom stereocenters. The van der Waals surface area contributed by atoms with Crippen molar-refractivity contribution in [1.29, 1.82) is 0 Å². The molecule has 2 aromatic carbocycles. The highest BCUT2D eigenvalue weighted by Gasteiger charge is 2.31. The van der Waals surface area contributed by atoms with E-state index < -0.39 is 10.0 Å². The lowest BCUT2D eigenvalue weighted by Gasteiger charge is -2.35. The first-order chi connectivity index (χ1) is 15.3. The number of rotatable bonds is 6. The smallest absolute Gasteiger partial charge is 0.244 e. The van der Waals surface area contributed by atoms with Crippen LogP contribution in [0.2, 0.25) is 5.02 Å². The van der Waals surface area contributed by atoms with E-state index in [1.54, 1.807) is 17.4 Å². The van der Waals surface area contributed by atoms with Gasteiger partial charge in [0.2, 0.25) is 15.9 Å². The fourth-order valence-electron chi connectivity index (χ4n) is 3.92. The predicted molar refractivity (Wildman–Crippen MR) is 129 cm³/mol. The summed E-state index contributed by atoms with van der Waals surface area (Å²) in [4.78, 5) is 16.4. The summed E-state index contributed by atoms with van der Waals surface area (Å²) in [5.74, 6) is -0.208. The molecule has 32 heavy (non-hydrogen) atoms. The van der Waals surface area contributed by atoms with Gasteiger partial charge in [0.15, 0.2) is 0 Å². The van der Waals surface area contributed by atoms with Crippen molar-refractivity contribution in [3.05, 3.63) is 81.0 Å². The van der Waals surface area contributed by atoms with Crippen molar-refractivity contribution >= 4 is 44.6 Å². The standard InChI is InChI=1S/C23H24ClN3O3S2/c1-26(2)32(29,30)21-14-17(8-9-19(21)24)25-22(28)15-27-12-10-20-18(11-13-31-20)23(27)16-6-4-3-5-7-16/h3-9,11,13-14,23H,10,12,15H2,1-2H3,(H,25,28). The van der Waals surface area contributed by atoms with Crippen LogP contribution < -0.4 is 5.32 Å². The van der Waals surface area contributed by atoms with E-state index in [0.717, 1.165) is 22.8 Å². The molecule has 0 spiro atoms. The third-order valence-corrected chi connectivity index (χ3v) is 8.79. The molecule has 1 aromatic heterocycles. The Bertz CT molecular complexity index is 1230. The minimum Gasteiger partial charge on any atom is -0.325 e. The van der Waals surface area contributed by atoms with Gasteiger partial charge in [0.05, 0.1) is 17.6 Å². The lowest BCUT2D eigenvalue weighted by molar-refractivity contribution is -0.117.